The van der Waals surface area contributed by atoms with E-state index in [1.54, 1.807) is 4.90 Å². The van der Waals surface area contributed by atoms with Crippen LogP contribution in [0.4, 0.5) is 11.4 Å². The Labute approximate surface area is 167 Å². The summed E-state index contributed by atoms with van der Waals surface area (Å²) in [5.41, 5.74) is -0.363. The number of nitro groups is 1. The smallest absolute Gasteiger partial charge is 0.311 e. The summed E-state index contributed by atoms with van der Waals surface area (Å²) in [6.07, 6.45) is 4.16. The monoisotopic (exact) mass is 405 g/mol. The number of esters is 1. The summed E-state index contributed by atoms with van der Waals surface area (Å²) < 4.78 is 9.98. The number of hydrogen-bond donors (Lipinski definition) is 1. The zero-order chi connectivity index (χ0) is 21.0. The van der Waals surface area contributed by atoms with E-state index < -0.39 is 29.3 Å². The van der Waals surface area contributed by atoms with Crippen molar-refractivity contribution in [3.05, 3.63) is 28.3 Å². The maximum absolute atomic E-state index is 12.3. The van der Waals surface area contributed by atoms with Crippen molar-refractivity contribution in [3.63, 3.8) is 0 Å². The zero-order valence-corrected chi connectivity index (χ0v) is 16.1. The van der Waals surface area contributed by atoms with E-state index in [1.165, 1.54) is 25.3 Å². The van der Waals surface area contributed by atoms with Crippen molar-refractivity contribution in [2.24, 2.45) is 5.92 Å². The molecule has 1 aromatic rings. The number of nitrogens with one attached hydrogen (secondary N) is 1. The summed E-state index contributed by atoms with van der Waals surface area (Å²) in [5.74, 6) is -1.69. The number of amides is 2. The molecule has 3 rings (SSSR count). The second kappa shape index (κ2) is 8.89. The molecule has 1 heterocycles. The lowest BCUT2D eigenvalue weighted by atomic mass is 10.1. The predicted octanol–water partition coefficient (Wildman–Crippen LogP) is 1.88. The molecule has 1 saturated heterocycles. The predicted molar refractivity (Wildman–Crippen MR) is 101 cm³/mol. The van der Waals surface area contributed by atoms with Crippen LogP contribution in [-0.2, 0) is 19.1 Å². The van der Waals surface area contributed by atoms with Crippen LogP contribution in [0.2, 0.25) is 0 Å². The van der Waals surface area contributed by atoms with Gasteiger partial charge in [-0.1, -0.05) is 12.8 Å². The average Bonchev–Trinajstić information content (AvgIpc) is 3.35. The van der Waals surface area contributed by atoms with Gasteiger partial charge in [0, 0.05) is 19.0 Å². The Morgan fingerprint density at radius 2 is 2.03 bits per heavy atom. The van der Waals surface area contributed by atoms with Gasteiger partial charge in [0.2, 0.25) is 5.91 Å². The van der Waals surface area contributed by atoms with Crippen LogP contribution in [0.15, 0.2) is 18.2 Å². The molecule has 1 saturated carbocycles. The van der Waals surface area contributed by atoms with Crippen molar-refractivity contribution in [3.8, 4) is 5.75 Å². The maximum Gasteiger partial charge on any atom is 0.311 e. The van der Waals surface area contributed by atoms with Gasteiger partial charge < -0.3 is 19.7 Å². The second-order valence-corrected chi connectivity index (χ2v) is 7.18. The minimum Gasteiger partial charge on any atom is -0.496 e. The van der Waals surface area contributed by atoms with Crippen molar-refractivity contribution < 1.29 is 28.8 Å². The van der Waals surface area contributed by atoms with Crippen molar-refractivity contribution in [2.45, 2.75) is 38.1 Å². The summed E-state index contributed by atoms with van der Waals surface area (Å²) in [6.45, 7) is -0.274. The lowest BCUT2D eigenvalue weighted by Crippen LogP contribution is -2.35. The molecule has 0 radical (unpaired) electrons. The van der Waals surface area contributed by atoms with Crippen LogP contribution in [0.1, 0.15) is 32.1 Å². The first-order valence-electron chi connectivity index (χ1n) is 9.47. The number of anilines is 1. The van der Waals surface area contributed by atoms with Crippen LogP contribution in [0, 0.1) is 16.0 Å². The second-order valence-electron chi connectivity index (χ2n) is 7.18. The molecule has 1 aromatic carbocycles. The average molecular weight is 405 g/mol. The summed E-state index contributed by atoms with van der Waals surface area (Å²) in [6, 6.07) is 4.19. The van der Waals surface area contributed by atoms with Gasteiger partial charge in [0.15, 0.2) is 6.61 Å². The molecule has 0 unspecified atom stereocenters. The van der Waals surface area contributed by atoms with E-state index in [9.17, 15) is 24.5 Å². The third kappa shape index (κ3) is 4.82. The molecule has 1 N–H and O–H groups in total. The molecule has 2 aliphatic rings. The Bertz CT molecular complexity index is 820. The van der Waals surface area contributed by atoms with Gasteiger partial charge >= 0.3 is 5.97 Å². The van der Waals surface area contributed by atoms with Crippen LogP contribution >= 0.6 is 0 Å². The molecule has 0 aromatic heterocycles. The molecule has 0 bridgehead atoms. The quantitative estimate of drug-likeness (QED) is 0.417. The summed E-state index contributed by atoms with van der Waals surface area (Å²) >= 11 is 0. The molecule has 0 spiro atoms. The van der Waals surface area contributed by atoms with Crippen LogP contribution in [0.3, 0.4) is 0 Å². The molecule has 10 nitrogen and oxygen atoms in total. The van der Waals surface area contributed by atoms with Gasteiger partial charge in [-0.15, -0.1) is 0 Å². The first-order valence-corrected chi connectivity index (χ1v) is 9.47. The van der Waals surface area contributed by atoms with Crippen LogP contribution in [0.25, 0.3) is 0 Å². The highest BCUT2D eigenvalue weighted by atomic mass is 16.6. The summed E-state index contributed by atoms with van der Waals surface area (Å²) in [7, 11) is 1.37. The lowest BCUT2D eigenvalue weighted by Gasteiger charge is -2.23. The maximum atomic E-state index is 12.3. The number of nitro benzene ring substituents is 1. The largest absolute Gasteiger partial charge is 0.496 e. The first-order chi connectivity index (χ1) is 13.9. The number of nitrogens with zero attached hydrogens (tertiary/aromatic N) is 2. The Balaban J connectivity index is 1.52. The highest BCUT2D eigenvalue weighted by molar-refractivity contribution is 5.95. The fourth-order valence-electron chi connectivity index (χ4n) is 3.79. The van der Waals surface area contributed by atoms with Gasteiger partial charge in [0.1, 0.15) is 11.4 Å². The molecule has 10 heteroatoms. The Kier molecular flexibility index (Phi) is 6.30. The normalized spacial score (nSPS) is 19.3. The van der Waals surface area contributed by atoms with E-state index in [-0.39, 0.29) is 35.5 Å². The third-order valence-corrected chi connectivity index (χ3v) is 5.28. The first kappa shape index (κ1) is 20.6. The van der Waals surface area contributed by atoms with Gasteiger partial charge in [0.25, 0.3) is 11.6 Å². The van der Waals surface area contributed by atoms with Gasteiger partial charge in [-0.2, -0.15) is 0 Å². The molecule has 1 aliphatic heterocycles. The molecule has 156 valence electrons. The third-order valence-electron chi connectivity index (χ3n) is 5.28. The SMILES string of the molecule is COc1ccc(NC(=O)COC(=O)[C@H]2CC(=O)N(C3CCCC3)C2)c([N+](=O)[O-])c1. The summed E-state index contributed by atoms with van der Waals surface area (Å²) in [5, 5.41) is 13.5. The van der Waals surface area contributed by atoms with E-state index in [4.69, 9.17) is 9.47 Å². The molecule has 2 amide bonds. The number of hydrogen-bond acceptors (Lipinski definition) is 7. The molecule has 1 aliphatic carbocycles. The Hall–Kier alpha value is -3.17. The molecule has 1 atom stereocenters. The van der Waals surface area contributed by atoms with Crippen molar-refractivity contribution in [1.29, 1.82) is 0 Å². The number of rotatable bonds is 7. The number of ether oxygens (including phenoxy) is 2. The fourth-order valence-corrected chi connectivity index (χ4v) is 3.79. The van der Waals surface area contributed by atoms with Gasteiger partial charge in [0.05, 0.1) is 24.0 Å². The lowest BCUT2D eigenvalue weighted by molar-refractivity contribution is -0.384. The van der Waals surface area contributed by atoms with Crippen LogP contribution in [0.5, 0.6) is 5.75 Å². The molecule has 29 heavy (non-hydrogen) atoms. The van der Waals surface area contributed by atoms with Crippen molar-refractivity contribution in [2.75, 3.05) is 25.6 Å². The number of likely N-dealkylation sites (tertiary alicyclic amines) is 1. The number of carbonyl (C=O) groups is 3. The zero-order valence-electron chi connectivity index (χ0n) is 16.1. The van der Waals surface area contributed by atoms with Gasteiger partial charge in [-0.05, 0) is 25.0 Å². The topological polar surface area (TPSA) is 128 Å². The minimum atomic E-state index is -0.705. The highest BCUT2D eigenvalue weighted by Crippen LogP contribution is 2.30. The number of carbonyl (C=O) groups excluding carboxylic acids is 3. The Morgan fingerprint density at radius 1 is 1.31 bits per heavy atom. The fraction of sp³-hybridized carbons (Fsp3) is 0.526. The van der Waals surface area contributed by atoms with E-state index >= 15 is 0 Å². The van der Waals surface area contributed by atoms with E-state index in [2.05, 4.69) is 5.32 Å². The van der Waals surface area contributed by atoms with Gasteiger partial charge in [-0.3, -0.25) is 24.5 Å². The minimum absolute atomic E-state index is 0.0275. The number of methoxy groups -OCH3 is 1. The van der Waals surface area contributed by atoms with Crippen molar-refractivity contribution >= 4 is 29.2 Å². The van der Waals surface area contributed by atoms with Crippen molar-refractivity contribution in [1.82, 2.24) is 4.90 Å². The van der Waals surface area contributed by atoms with E-state index in [0.29, 0.717) is 6.54 Å². The highest BCUT2D eigenvalue weighted by Gasteiger charge is 2.39. The number of benzene rings is 1. The standard InChI is InChI=1S/C19H23N3O7/c1-28-14-6-7-15(16(9-14)22(26)27)20-17(23)11-29-19(25)12-8-18(24)21(10-12)13-4-2-3-5-13/h6-7,9,12-13H,2-5,8,10-11H2,1H3,(H,20,23)/t12-/m0/s1. The Morgan fingerprint density at radius 3 is 2.69 bits per heavy atom. The summed E-state index contributed by atoms with van der Waals surface area (Å²) in [4.78, 5) is 48.8. The molecular weight excluding hydrogens is 382 g/mol. The van der Waals surface area contributed by atoms with Gasteiger partial charge in [-0.25, -0.2) is 0 Å². The van der Waals surface area contributed by atoms with Crippen LogP contribution in [-0.4, -0.2) is 53.9 Å². The molecular formula is C19H23N3O7. The molecule has 2 fully saturated rings. The van der Waals surface area contributed by atoms with E-state index in [1.807, 2.05) is 0 Å². The van der Waals surface area contributed by atoms with Crippen LogP contribution < -0.4 is 10.1 Å². The van der Waals surface area contributed by atoms with E-state index in [0.717, 1.165) is 25.7 Å².